The number of aryl methyl sites for hydroxylation is 1. The van der Waals surface area contributed by atoms with Gasteiger partial charge in [-0.15, -0.1) is 16.4 Å². The zero-order chi connectivity index (χ0) is 14.9. The molecule has 0 radical (unpaired) electrons. The first-order valence-corrected chi connectivity index (χ1v) is 7.67. The molecule has 0 saturated carbocycles. The van der Waals surface area contributed by atoms with Crippen molar-refractivity contribution >= 4 is 23.2 Å². The summed E-state index contributed by atoms with van der Waals surface area (Å²) >= 11 is 1.45. The van der Waals surface area contributed by atoms with Gasteiger partial charge in [-0.3, -0.25) is 4.79 Å². The summed E-state index contributed by atoms with van der Waals surface area (Å²) in [4.78, 5) is 17.1. The third-order valence-corrected chi connectivity index (χ3v) is 4.47. The lowest BCUT2D eigenvalue weighted by Crippen LogP contribution is -2.38. The van der Waals surface area contributed by atoms with E-state index in [0.29, 0.717) is 5.95 Å². The standard InChI is InChI=1S/C13H17N5O2S/c1-13(20,9-4-2-7-21-9)8-15-11(19)10-16-12-14-5-3-6-18(12)17-10/h2,4,7,20H,3,5-6,8H2,1H3,(H,15,19)(H,14,16,17). The van der Waals surface area contributed by atoms with E-state index in [0.717, 1.165) is 24.4 Å². The van der Waals surface area contributed by atoms with Crippen molar-refractivity contribution in [3.63, 3.8) is 0 Å². The number of aromatic nitrogens is 3. The van der Waals surface area contributed by atoms with Crippen LogP contribution in [0.4, 0.5) is 5.95 Å². The Bertz CT molecular complexity index is 612. The van der Waals surface area contributed by atoms with Gasteiger partial charge in [-0.25, -0.2) is 4.68 Å². The minimum atomic E-state index is -1.10. The number of thiophene rings is 1. The van der Waals surface area contributed by atoms with Crippen LogP contribution in [-0.2, 0) is 12.1 Å². The topological polar surface area (TPSA) is 92.1 Å². The first-order valence-electron chi connectivity index (χ1n) is 6.79. The highest BCUT2D eigenvalue weighted by Gasteiger charge is 2.26. The molecule has 2 aromatic heterocycles. The van der Waals surface area contributed by atoms with Gasteiger partial charge in [0.2, 0.25) is 11.8 Å². The molecule has 0 fully saturated rings. The molecule has 3 rings (SSSR count). The molecule has 1 atom stereocenters. The number of anilines is 1. The molecule has 112 valence electrons. The van der Waals surface area contributed by atoms with Crippen molar-refractivity contribution in [1.29, 1.82) is 0 Å². The largest absolute Gasteiger partial charge is 0.383 e. The summed E-state index contributed by atoms with van der Waals surface area (Å²) < 4.78 is 1.69. The Morgan fingerprint density at radius 3 is 3.24 bits per heavy atom. The Kier molecular flexibility index (Phi) is 3.64. The van der Waals surface area contributed by atoms with E-state index in [2.05, 4.69) is 20.7 Å². The predicted molar refractivity (Wildman–Crippen MR) is 79.4 cm³/mol. The number of rotatable bonds is 4. The van der Waals surface area contributed by atoms with Crippen molar-refractivity contribution in [2.75, 3.05) is 18.4 Å². The summed E-state index contributed by atoms with van der Waals surface area (Å²) in [5, 5.41) is 22.2. The minimum Gasteiger partial charge on any atom is -0.383 e. The predicted octanol–water partition coefficient (Wildman–Crippen LogP) is 0.793. The van der Waals surface area contributed by atoms with Gasteiger partial charge in [0.1, 0.15) is 5.60 Å². The van der Waals surface area contributed by atoms with Gasteiger partial charge in [-0.05, 0) is 24.8 Å². The molecule has 3 heterocycles. The van der Waals surface area contributed by atoms with Gasteiger partial charge in [0, 0.05) is 18.0 Å². The smallest absolute Gasteiger partial charge is 0.291 e. The van der Waals surface area contributed by atoms with Crippen molar-refractivity contribution in [3.05, 3.63) is 28.2 Å². The number of amides is 1. The van der Waals surface area contributed by atoms with Crippen molar-refractivity contribution in [1.82, 2.24) is 20.1 Å². The van der Waals surface area contributed by atoms with Crippen LogP contribution in [0.1, 0.15) is 28.8 Å². The van der Waals surface area contributed by atoms with E-state index >= 15 is 0 Å². The SMILES string of the molecule is CC(O)(CNC(=O)c1nc2n(n1)CCCN2)c1cccs1. The number of hydrogen-bond acceptors (Lipinski definition) is 6. The molecular formula is C13H17N5O2S. The maximum absolute atomic E-state index is 12.1. The van der Waals surface area contributed by atoms with Crippen LogP contribution in [0.3, 0.4) is 0 Å². The highest BCUT2D eigenvalue weighted by molar-refractivity contribution is 7.10. The second kappa shape index (κ2) is 5.45. The number of aliphatic hydroxyl groups is 1. The molecule has 2 aromatic rings. The molecule has 0 saturated heterocycles. The van der Waals surface area contributed by atoms with E-state index in [1.165, 1.54) is 11.3 Å². The van der Waals surface area contributed by atoms with Crippen molar-refractivity contribution in [2.45, 2.75) is 25.5 Å². The van der Waals surface area contributed by atoms with Crippen molar-refractivity contribution in [3.8, 4) is 0 Å². The molecule has 1 aliphatic rings. The number of hydrogen-bond donors (Lipinski definition) is 3. The summed E-state index contributed by atoms with van der Waals surface area (Å²) in [7, 11) is 0. The molecule has 3 N–H and O–H groups in total. The third kappa shape index (κ3) is 2.91. The van der Waals surface area contributed by atoms with E-state index < -0.39 is 5.60 Å². The van der Waals surface area contributed by atoms with Crippen LogP contribution in [-0.4, -0.2) is 38.9 Å². The number of carbonyl (C=O) groups is 1. The van der Waals surface area contributed by atoms with Crippen LogP contribution >= 0.6 is 11.3 Å². The summed E-state index contributed by atoms with van der Waals surface area (Å²) in [5.41, 5.74) is -1.10. The van der Waals surface area contributed by atoms with E-state index in [1.54, 1.807) is 11.6 Å². The molecule has 1 unspecified atom stereocenters. The number of nitrogens with one attached hydrogen (secondary N) is 2. The lowest BCUT2D eigenvalue weighted by molar-refractivity contribution is 0.0553. The second-order valence-electron chi connectivity index (χ2n) is 5.20. The molecule has 0 spiro atoms. The van der Waals surface area contributed by atoms with E-state index in [4.69, 9.17) is 0 Å². The monoisotopic (exact) mass is 307 g/mol. The van der Waals surface area contributed by atoms with E-state index in [-0.39, 0.29) is 18.3 Å². The van der Waals surface area contributed by atoms with Crippen LogP contribution in [0, 0.1) is 0 Å². The molecule has 0 bridgehead atoms. The summed E-state index contributed by atoms with van der Waals surface area (Å²) in [6, 6.07) is 3.71. The van der Waals surface area contributed by atoms with Crippen LogP contribution in [0.2, 0.25) is 0 Å². The average Bonchev–Trinajstić information content (AvgIpc) is 3.13. The first kappa shape index (κ1) is 14.0. The molecule has 7 nitrogen and oxygen atoms in total. The Morgan fingerprint density at radius 1 is 1.67 bits per heavy atom. The van der Waals surface area contributed by atoms with Gasteiger partial charge in [-0.1, -0.05) is 6.07 Å². The summed E-state index contributed by atoms with van der Waals surface area (Å²) in [6.45, 7) is 3.39. The maximum Gasteiger partial charge on any atom is 0.291 e. The van der Waals surface area contributed by atoms with Gasteiger partial charge in [0.05, 0.1) is 6.54 Å². The average molecular weight is 307 g/mol. The number of nitrogens with zero attached hydrogens (tertiary/aromatic N) is 3. The Hall–Kier alpha value is -1.93. The van der Waals surface area contributed by atoms with Gasteiger partial charge in [-0.2, -0.15) is 4.98 Å². The fourth-order valence-corrected chi connectivity index (χ4v) is 2.94. The summed E-state index contributed by atoms with van der Waals surface area (Å²) in [5.74, 6) is 0.369. The van der Waals surface area contributed by atoms with Crippen LogP contribution in [0.25, 0.3) is 0 Å². The lowest BCUT2D eigenvalue weighted by atomic mass is 10.1. The van der Waals surface area contributed by atoms with Crippen LogP contribution in [0.5, 0.6) is 0 Å². The Morgan fingerprint density at radius 2 is 2.52 bits per heavy atom. The fraction of sp³-hybridized carbons (Fsp3) is 0.462. The highest BCUT2D eigenvalue weighted by atomic mass is 32.1. The zero-order valence-electron chi connectivity index (χ0n) is 11.7. The second-order valence-corrected chi connectivity index (χ2v) is 6.14. The third-order valence-electron chi connectivity index (χ3n) is 3.35. The van der Waals surface area contributed by atoms with Crippen molar-refractivity contribution < 1.29 is 9.90 Å². The van der Waals surface area contributed by atoms with Gasteiger partial charge < -0.3 is 15.7 Å². The molecular weight excluding hydrogens is 290 g/mol. The van der Waals surface area contributed by atoms with Gasteiger partial charge >= 0.3 is 0 Å². The van der Waals surface area contributed by atoms with E-state index in [9.17, 15) is 9.90 Å². The van der Waals surface area contributed by atoms with Crippen molar-refractivity contribution in [2.24, 2.45) is 0 Å². The van der Waals surface area contributed by atoms with E-state index in [1.807, 2.05) is 17.5 Å². The molecule has 1 amide bonds. The fourth-order valence-electron chi connectivity index (χ4n) is 2.16. The number of fused-ring (bicyclic) bond motifs is 1. The lowest BCUT2D eigenvalue weighted by Gasteiger charge is -2.21. The molecule has 0 aromatic carbocycles. The normalized spacial score (nSPS) is 16.7. The molecule has 21 heavy (non-hydrogen) atoms. The number of carbonyl (C=O) groups excluding carboxylic acids is 1. The summed E-state index contributed by atoms with van der Waals surface area (Å²) in [6.07, 6.45) is 0.963. The first-order chi connectivity index (χ1) is 10.1. The van der Waals surface area contributed by atoms with Crippen LogP contribution in [0.15, 0.2) is 17.5 Å². The van der Waals surface area contributed by atoms with Gasteiger partial charge in [0.25, 0.3) is 5.91 Å². The minimum absolute atomic E-state index is 0.115. The molecule has 8 heteroatoms. The highest BCUT2D eigenvalue weighted by Crippen LogP contribution is 2.24. The zero-order valence-corrected chi connectivity index (χ0v) is 12.5. The molecule has 1 aliphatic heterocycles. The van der Waals surface area contributed by atoms with Crippen LogP contribution < -0.4 is 10.6 Å². The Balaban J connectivity index is 1.65. The maximum atomic E-state index is 12.1. The van der Waals surface area contributed by atoms with Gasteiger partial charge in [0.15, 0.2) is 0 Å². The molecule has 0 aliphatic carbocycles. The Labute approximate surface area is 126 Å². The quantitative estimate of drug-likeness (QED) is 0.777.